The van der Waals surface area contributed by atoms with Crippen LogP contribution in [0.3, 0.4) is 0 Å². The first-order chi connectivity index (χ1) is 8.57. The number of likely N-dealkylation sites (N-methyl/N-ethyl adjacent to an activating group) is 1. The molecule has 3 heteroatoms. The second-order valence-electron chi connectivity index (χ2n) is 5.85. The highest BCUT2D eigenvalue weighted by Gasteiger charge is 2.33. The molecule has 1 fully saturated rings. The van der Waals surface area contributed by atoms with Gasteiger partial charge in [0, 0.05) is 20.0 Å². The number of hydrogen-bond acceptors (Lipinski definition) is 2. The molecular weight excluding hydrogens is 226 g/mol. The van der Waals surface area contributed by atoms with Crippen LogP contribution in [0.4, 0.5) is 0 Å². The fourth-order valence-electron chi connectivity index (χ4n) is 2.79. The highest BCUT2D eigenvalue weighted by Crippen LogP contribution is 2.30. The van der Waals surface area contributed by atoms with Crippen molar-refractivity contribution >= 4 is 5.91 Å². The second-order valence-corrected chi connectivity index (χ2v) is 5.85. The molecule has 0 heterocycles. The molecule has 1 aliphatic carbocycles. The van der Waals surface area contributed by atoms with E-state index < -0.39 is 5.60 Å². The molecule has 3 nitrogen and oxygen atoms in total. The minimum atomic E-state index is -0.605. The third kappa shape index (κ3) is 5.38. The fourth-order valence-corrected chi connectivity index (χ4v) is 2.79. The Bertz CT molecular complexity index is 247. The molecular formula is C15H29NO2. The minimum absolute atomic E-state index is 0.187. The van der Waals surface area contributed by atoms with Crippen molar-refractivity contribution in [3.8, 4) is 0 Å². The van der Waals surface area contributed by atoms with Gasteiger partial charge in [0.25, 0.3) is 0 Å². The maximum absolute atomic E-state index is 11.9. The lowest BCUT2D eigenvalue weighted by Crippen LogP contribution is -2.41. The van der Waals surface area contributed by atoms with Crippen molar-refractivity contribution in [3.05, 3.63) is 0 Å². The van der Waals surface area contributed by atoms with Gasteiger partial charge >= 0.3 is 0 Å². The average molecular weight is 255 g/mol. The number of nitrogens with zero attached hydrogens (tertiary/aromatic N) is 1. The predicted molar refractivity (Wildman–Crippen MR) is 74.4 cm³/mol. The first-order valence-electron chi connectivity index (χ1n) is 7.54. The Morgan fingerprint density at radius 2 is 1.78 bits per heavy atom. The van der Waals surface area contributed by atoms with E-state index in [2.05, 4.69) is 6.92 Å². The average Bonchev–Trinajstić information content (AvgIpc) is 2.75. The number of rotatable bonds is 8. The molecule has 0 aromatic rings. The molecule has 1 rings (SSSR count). The normalized spacial score (nSPS) is 17.9. The second kappa shape index (κ2) is 7.78. The van der Waals surface area contributed by atoms with Crippen LogP contribution in [0.15, 0.2) is 0 Å². The summed E-state index contributed by atoms with van der Waals surface area (Å²) in [4.78, 5) is 13.6. The van der Waals surface area contributed by atoms with Gasteiger partial charge in [-0.2, -0.15) is 0 Å². The quantitative estimate of drug-likeness (QED) is 0.677. The maximum Gasteiger partial charge on any atom is 0.222 e. The summed E-state index contributed by atoms with van der Waals surface area (Å²) < 4.78 is 0. The van der Waals surface area contributed by atoms with Crippen molar-refractivity contribution in [2.45, 2.75) is 76.7 Å². The molecule has 1 amide bonds. The first-order valence-corrected chi connectivity index (χ1v) is 7.54. The summed E-state index contributed by atoms with van der Waals surface area (Å²) in [6.07, 6.45) is 10.4. The molecule has 0 spiro atoms. The van der Waals surface area contributed by atoms with Gasteiger partial charge in [-0.1, -0.05) is 45.4 Å². The van der Waals surface area contributed by atoms with E-state index in [9.17, 15) is 9.90 Å². The van der Waals surface area contributed by atoms with Crippen LogP contribution in [0, 0.1) is 0 Å². The third-order valence-corrected chi connectivity index (χ3v) is 3.99. The van der Waals surface area contributed by atoms with Crippen LogP contribution in [0.5, 0.6) is 0 Å². The Labute approximate surface area is 112 Å². The molecule has 0 aromatic heterocycles. The predicted octanol–water partition coefficient (Wildman–Crippen LogP) is 3.11. The number of aliphatic hydroxyl groups is 1. The summed E-state index contributed by atoms with van der Waals surface area (Å²) in [5.41, 5.74) is -0.605. The lowest BCUT2D eigenvalue weighted by molar-refractivity contribution is -0.133. The van der Waals surface area contributed by atoms with E-state index in [0.717, 1.165) is 38.5 Å². The van der Waals surface area contributed by atoms with E-state index in [1.54, 1.807) is 4.90 Å². The zero-order valence-electron chi connectivity index (χ0n) is 12.1. The van der Waals surface area contributed by atoms with Gasteiger partial charge in [0.2, 0.25) is 5.91 Å². The lowest BCUT2D eigenvalue weighted by atomic mass is 10.0. The number of hydrogen-bond donors (Lipinski definition) is 1. The topological polar surface area (TPSA) is 40.5 Å². The van der Waals surface area contributed by atoms with E-state index in [1.807, 2.05) is 7.05 Å². The van der Waals surface area contributed by atoms with Gasteiger partial charge in [-0.05, 0) is 19.3 Å². The zero-order valence-corrected chi connectivity index (χ0v) is 12.1. The van der Waals surface area contributed by atoms with E-state index >= 15 is 0 Å². The van der Waals surface area contributed by atoms with Crippen LogP contribution in [0.25, 0.3) is 0 Å². The Morgan fingerprint density at radius 1 is 1.17 bits per heavy atom. The number of carbonyl (C=O) groups excluding carboxylic acids is 1. The Balaban J connectivity index is 2.16. The van der Waals surface area contributed by atoms with Gasteiger partial charge in [-0.3, -0.25) is 4.79 Å². The molecule has 0 aromatic carbocycles. The Morgan fingerprint density at radius 3 is 2.39 bits per heavy atom. The van der Waals surface area contributed by atoms with Gasteiger partial charge in [0.05, 0.1) is 5.60 Å². The molecule has 0 aliphatic heterocycles. The summed E-state index contributed by atoms with van der Waals surface area (Å²) in [5.74, 6) is 0.187. The first kappa shape index (κ1) is 15.5. The highest BCUT2D eigenvalue weighted by atomic mass is 16.3. The maximum atomic E-state index is 11.9. The van der Waals surface area contributed by atoms with Crippen molar-refractivity contribution in [2.75, 3.05) is 13.6 Å². The molecule has 0 unspecified atom stereocenters. The smallest absolute Gasteiger partial charge is 0.222 e. The Hall–Kier alpha value is -0.570. The van der Waals surface area contributed by atoms with Crippen LogP contribution >= 0.6 is 0 Å². The van der Waals surface area contributed by atoms with Gasteiger partial charge in [-0.25, -0.2) is 0 Å². The molecule has 106 valence electrons. The Kier molecular flexibility index (Phi) is 6.69. The van der Waals surface area contributed by atoms with E-state index in [1.165, 1.54) is 19.3 Å². The number of unbranched alkanes of at least 4 members (excludes halogenated alkanes) is 4. The van der Waals surface area contributed by atoms with E-state index in [0.29, 0.717) is 13.0 Å². The zero-order chi connectivity index (χ0) is 13.4. The summed E-state index contributed by atoms with van der Waals surface area (Å²) in [5, 5.41) is 10.3. The van der Waals surface area contributed by atoms with Crippen LogP contribution in [-0.4, -0.2) is 35.1 Å². The standard InChI is InChI=1S/C15H29NO2/c1-3-4-5-6-7-10-14(17)16(2)13-15(18)11-8-9-12-15/h18H,3-13H2,1-2H3. The molecule has 0 radical (unpaired) electrons. The molecule has 0 atom stereocenters. The molecule has 0 bridgehead atoms. The van der Waals surface area contributed by atoms with Crippen LogP contribution < -0.4 is 0 Å². The number of amides is 1. The van der Waals surface area contributed by atoms with Crippen LogP contribution in [-0.2, 0) is 4.79 Å². The summed E-state index contributed by atoms with van der Waals surface area (Å²) in [6, 6.07) is 0. The SMILES string of the molecule is CCCCCCCC(=O)N(C)CC1(O)CCCC1. The van der Waals surface area contributed by atoms with Gasteiger partial charge < -0.3 is 10.0 Å². The van der Waals surface area contributed by atoms with Crippen molar-refractivity contribution < 1.29 is 9.90 Å². The molecule has 18 heavy (non-hydrogen) atoms. The molecule has 0 saturated heterocycles. The van der Waals surface area contributed by atoms with Gasteiger partial charge in [-0.15, -0.1) is 0 Å². The summed E-state index contributed by atoms with van der Waals surface area (Å²) in [7, 11) is 1.82. The van der Waals surface area contributed by atoms with Crippen molar-refractivity contribution in [3.63, 3.8) is 0 Å². The van der Waals surface area contributed by atoms with Crippen LogP contribution in [0.2, 0.25) is 0 Å². The van der Waals surface area contributed by atoms with Crippen LogP contribution in [0.1, 0.15) is 71.1 Å². The largest absolute Gasteiger partial charge is 0.388 e. The monoisotopic (exact) mass is 255 g/mol. The molecule has 1 N–H and O–H groups in total. The molecule has 1 aliphatic rings. The third-order valence-electron chi connectivity index (χ3n) is 3.99. The highest BCUT2D eigenvalue weighted by molar-refractivity contribution is 5.75. The van der Waals surface area contributed by atoms with Gasteiger partial charge in [0.1, 0.15) is 0 Å². The number of carbonyl (C=O) groups is 1. The summed E-state index contributed by atoms with van der Waals surface area (Å²) in [6.45, 7) is 2.71. The van der Waals surface area contributed by atoms with E-state index in [4.69, 9.17) is 0 Å². The van der Waals surface area contributed by atoms with Crippen molar-refractivity contribution in [1.82, 2.24) is 4.90 Å². The van der Waals surface area contributed by atoms with Gasteiger partial charge in [0.15, 0.2) is 0 Å². The lowest BCUT2D eigenvalue weighted by Gasteiger charge is -2.28. The summed E-state index contributed by atoms with van der Waals surface area (Å²) >= 11 is 0. The fraction of sp³-hybridized carbons (Fsp3) is 0.933. The van der Waals surface area contributed by atoms with Crippen molar-refractivity contribution in [2.24, 2.45) is 0 Å². The molecule has 1 saturated carbocycles. The van der Waals surface area contributed by atoms with Crippen molar-refractivity contribution in [1.29, 1.82) is 0 Å². The minimum Gasteiger partial charge on any atom is -0.388 e. The van der Waals surface area contributed by atoms with E-state index in [-0.39, 0.29) is 5.91 Å².